The second-order valence-corrected chi connectivity index (χ2v) is 4.62. The Morgan fingerprint density at radius 1 is 1.47 bits per heavy atom. The predicted molar refractivity (Wildman–Crippen MR) is 66.6 cm³/mol. The SMILES string of the molecule is CCc1cccnc1NNC(=O)OC(C)(C)C. The molecular weight excluding hydrogens is 218 g/mol. The van der Waals surface area contributed by atoms with E-state index in [0.29, 0.717) is 5.82 Å². The third kappa shape index (κ3) is 4.72. The van der Waals surface area contributed by atoms with E-state index in [-0.39, 0.29) is 0 Å². The first-order valence-corrected chi connectivity index (χ1v) is 5.61. The average molecular weight is 237 g/mol. The van der Waals surface area contributed by atoms with E-state index in [1.807, 2.05) is 39.8 Å². The van der Waals surface area contributed by atoms with E-state index in [1.54, 1.807) is 6.20 Å². The first-order valence-electron chi connectivity index (χ1n) is 5.61. The summed E-state index contributed by atoms with van der Waals surface area (Å²) in [5, 5.41) is 0. The Morgan fingerprint density at radius 3 is 2.76 bits per heavy atom. The molecule has 0 atom stereocenters. The number of ether oxygens (including phenoxy) is 1. The van der Waals surface area contributed by atoms with Crippen LogP contribution in [0.2, 0.25) is 0 Å². The van der Waals surface area contributed by atoms with Crippen molar-refractivity contribution in [2.45, 2.75) is 39.7 Å². The molecule has 0 aliphatic rings. The lowest BCUT2D eigenvalue weighted by Gasteiger charge is -2.20. The van der Waals surface area contributed by atoms with Gasteiger partial charge in [0.05, 0.1) is 0 Å². The topological polar surface area (TPSA) is 63.2 Å². The van der Waals surface area contributed by atoms with Gasteiger partial charge in [-0.05, 0) is 38.8 Å². The summed E-state index contributed by atoms with van der Waals surface area (Å²) in [6.45, 7) is 7.45. The Bertz CT molecular complexity index is 386. The first-order chi connectivity index (χ1) is 7.92. The molecule has 17 heavy (non-hydrogen) atoms. The van der Waals surface area contributed by atoms with Crippen LogP contribution < -0.4 is 10.9 Å². The van der Waals surface area contributed by atoms with Crippen LogP contribution >= 0.6 is 0 Å². The van der Waals surface area contributed by atoms with Crippen LogP contribution in [0.15, 0.2) is 18.3 Å². The molecule has 0 bridgehead atoms. The maximum Gasteiger partial charge on any atom is 0.426 e. The van der Waals surface area contributed by atoms with E-state index in [2.05, 4.69) is 15.8 Å². The zero-order valence-electron chi connectivity index (χ0n) is 10.7. The monoisotopic (exact) mass is 237 g/mol. The molecule has 1 heterocycles. The van der Waals surface area contributed by atoms with Crippen molar-refractivity contribution in [1.29, 1.82) is 0 Å². The van der Waals surface area contributed by atoms with Crippen molar-refractivity contribution in [3.05, 3.63) is 23.9 Å². The lowest BCUT2D eigenvalue weighted by molar-refractivity contribution is 0.0541. The summed E-state index contributed by atoms with van der Waals surface area (Å²) in [5.74, 6) is 0.640. The molecule has 94 valence electrons. The zero-order valence-corrected chi connectivity index (χ0v) is 10.7. The number of hydrazine groups is 1. The second kappa shape index (κ2) is 5.52. The van der Waals surface area contributed by atoms with Gasteiger partial charge in [-0.25, -0.2) is 15.2 Å². The highest BCUT2D eigenvalue weighted by Crippen LogP contribution is 2.11. The molecule has 0 radical (unpaired) electrons. The Labute approximate surface area is 102 Å². The fraction of sp³-hybridized carbons (Fsp3) is 0.500. The Morgan fingerprint density at radius 2 is 2.18 bits per heavy atom. The highest BCUT2D eigenvalue weighted by molar-refractivity contribution is 5.69. The van der Waals surface area contributed by atoms with Crippen molar-refractivity contribution in [2.24, 2.45) is 0 Å². The quantitative estimate of drug-likeness (QED) is 0.793. The van der Waals surface area contributed by atoms with Gasteiger partial charge in [-0.3, -0.25) is 5.43 Å². The van der Waals surface area contributed by atoms with Gasteiger partial charge in [0.1, 0.15) is 11.4 Å². The van der Waals surface area contributed by atoms with Crippen LogP contribution in [-0.2, 0) is 11.2 Å². The van der Waals surface area contributed by atoms with Gasteiger partial charge in [-0.1, -0.05) is 13.0 Å². The minimum absolute atomic E-state index is 0.510. The molecule has 0 fully saturated rings. The summed E-state index contributed by atoms with van der Waals surface area (Å²) in [5.41, 5.74) is 5.73. The fourth-order valence-corrected chi connectivity index (χ4v) is 1.25. The largest absolute Gasteiger partial charge is 0.443 e. The summed E-state index contributed by atoms with van der Waals surface area (Å²) >= 11 is 0. The molecule has 1 amide bonds. The highest BCUT2D eigenvalue weighted by atomic mass is 16.6. The Balaban J connectivity index is 2.53. The van der Waals surface area contributed by atoms with Crippen LogP contribution in [0.1, 0.15) is 33.3 Å². The number of rotatable bonds is 3. The molecule has 0 aromatic carbocycles. The van der Waals surface area contributed by atoms with Crippen molar-refractivity contribution < 1.29 is 9.53 Å². The van der Waals surface area contributed by atoms with Gasteiger partial charge >= 0.3 is 6.09 Å². The van der Waals surface area contributed by atoms with Crippen molar-refractivity contribution in [2.75, 3.05) is 5.43 Å². The zero-order chi connectivity index (χ0) is 12.9. The summed E-state index contributed by atoms with van der Waals surface area (Å²) in [6.07, 6.45) is 1.98. The van der Waals surface area contributed by atoms with Gasteiger partial charge in [0, 0.05) is 6.20 Å². The minimum Gasteiger partial charge on any atom is -0.443 e. The van der Waals surface area contributed by atoms with Crippen LogP contribution in [0.3, 0.4) is 0 Å². The van der Waals surface area contributed by atoms with E-state index in [9.17, 15) is 4.79 Å². The number of aryl methyl sites for hydroxylation is 1. The van der Waals surface area contributed by atoms with Gasteiger partial charge in [0.2, 0.25) is 0 Å². The highest BCUT2D eigenvalue weighted by Gasteiger charge is 2.15. The molecule has 1 aromatic heterocycles. The molecule has 1 rings (SSSR count). The van der Waals surface area contributed by atoms with Crippen molar-refractivity contribution in [3.63, 3.8) is 0 Å². The molecule has 5 nitrogen and oxygen atoms in total. The summed E-state index contributed by atoms with van der Waals surface area (Å²) in [4.78, 5) is 15.5. The van der Waals surface area contributed by atoms with E-state index in [1.165, 1.54) is 0 Å². The van der Waals surface area contributed by atoms with Crippen LogP contribution in [0.25, 0.3) is 0 Å². The third-order valence-corrected chi connectivity index (χ3v) is 1.95. The van der Waals surface area contributed by atoms with Crippen LogP contribution in [0.5, 0.6) is 0 Å². The van der Waals surface area contributed by atoms with Gasteiger partial charge in [0.15, 0.2) is 0 Å². The molecule has 0 saturated heterocycles. The lowest BCUT2D eigenvalue weighted by Crippen LogP contribution is -2.36. The van der Waals surface area contributed by atoms with Crippen LogP contribution in [-0.4, -0.2) is 16.7 Å². The van der Waals surface area contributed by atoms with E-state index in [4.69, 9.17) is 4.74 Å². The predicted octanol–water partition coefficient (Wildman–Crippen LogP) is 2.50. The first kappa shape index (κ1) is 13.3. The molecule has 1 aromatic rings. The molecule has 0 aliphatic carbocycles. The number of carbonyl (C=O) groups is 1. The summed E-state index contributed by atoms with van der Waals surface area (Å²) in [6, 6.07) is 3.81. The van der Waals surface area contributed by atoms with Gasteiger partial charge in [-0.2, -0.15) is 0 Å². The maximum absolute atomic E-state index is 11.4. The van der Waals surface area contributed by atoms with Gasteiger partial charge in [0.25, 0.3) is 0 Å². The maximum atomic E-state index is 11.4. The van der Waals surface area contributed by atoms with Crippen LogP contribution in [0.4, 0.5) is 10.6 Å². The number of amides is 1. The van der Waals surface area contributed by atoms with E-state index < -0.39 is 11.7 Å². The summed E-state index contributed by atoms with van der Waals surface area (Å²) < 4.78 is 5.09. The molecule has 0 saturated carbocycles. The number of aromatic nitrogens is 1. The van der Waals surface area contributed by atoms with E-state index in [0.717, 1.165) is 12.0 Å². The normalized spacial score (nSPS) is 10.8. The van der Waals surface area contributed by atoms with Crippen molar-refractivity contribution in [1.82, 2.24) is 10.4 Å². The molecule has 0 unspecified atom stereocenters. The van der Waals surface area contributed by atoms with Gasteiger partial charge in [-0.15, -0.1) is 0 Å². The fourth-order valence-electron chi connectivity index (χ4n) is 1.25. The minimum atomic E-state index is -0.523. The molecular formula is C12H19N3O2. The number of nitrogens with zero attached hydrogens (tertiary/aromatic N) is 1. The lowest BCUT2D eigenvalue weighted by atomic mass is 10.2. The average Bonchev–Trinajstić information content (AvgIpc) is 2.24. The second-order valence-electron chi connectivity index (χ2n) is 4.62. The molecule has 0 aliphatic heterocycles. The Hall–Kier alpha value is -1.78. The standard InChI is InChI=1S/C12H19N3O2/c1-5-9-7-6-8-13-10(9)14-15-11(16)17-12(2,3)4/h6-8H,5H2,1-4H3,(H,13,14)(H,15,16). The van der Waals surface area contributed by atoms with Crippen LogP contribution in [0, 0.1) is 0 Å². The number of nitrogens with one attached hydrogen (secondary N) is 2. The van der Waals surface area contributed by atoms with E-state index >= 15 is 0 Å². The van der Waals surface area contributed by atoms with Gasteiger partial charge < -0.3 is 4.74 Å². The number of carbonyl (C=O) groups excluding carboxylic acids is 1. The molecule has 0 spiro atoms. The Kier molecular flexibility index (Phi) is 4.31. The molecule has 5 heteroatoms. The number of anilines is 1. The number of hydrogen-bond acceptors (Lipinski definition) is 4. The van der Waals surface area contributed by atoms with Crippen molar-refractivity contribution >= 4 is 11.9 Å². The summed E-state index contributed by atoms with van der Waals surface area (Å²) in [7, 11) is 0. The smallest absolute Gasteiger partial charge is 0.426 e. The number of hydrogen-bond donors (Lipinski definition) is 2. The number of pyridine rings is 1. The molecule has 2 N–H and O–H groups in total. The van der Waals surface area contributed by atoms with Crippen molar-refractivity contribution in [3.8, 4) is 0 Å². The third-order valence-electron chi connectivity index (χ3n) is 1.95.